The lowest BCUT2D eigenvalue weighted by Crippen LogP contribution is -2.30. The van der Waals surface area contributed by atoms with Crippen molar-refractivity contribution in [1.82, 2.24) is 0 Å². The van der Waals surface area contributed by atoms with Gasteiger partial charge in [0.05, 0.1) is 0 Å². The van der Waals surface area contributed by atoms with Gasteiger partial charge in [0.15, 0.2) is 0 Å². The molecule has 0 saturated carbocycles. The van der Waals surface area contributed by atoms with Crippen molar-refractivity contribution in [2.75, 3.05) is 0 Å². The second kappa shape index (κ2) is 3.79. The molecule has 1 rings (SSSR count). The summed E-state index contributed by atoms with van der Waals surface area (Å²) in [6.45, 7) is 6.06. The Labute approximate surface area is 80.2 Å². The average molecular weight is 176 g/mol. The molecule has 0 spiro atoms. The van der Waals surface area contributed by atoms with Gasteiger partial charge < -0.3 is 4.79 Å². The zero-order valence-corrected chi connectivity index (χ0v) is 8.50. The first-order valence-corrected chi connectivity index (χ1v) is 4.70. The summed E-state index contributed by atoms with van der Waals surface area (Å²) in [5, 5.41) is 0. The first kappa shape index (κ1) is 10.1. The first-order valence-electron chi connectivity index (χ1n) is 4.70. The van der Waals surface area contributed by atoms with E-state index in [0.29, 0.717) is 5.92 Å². The van der Waals surface area contributed by atoms with E-state index in [1.54, 1.807) is 0 Å². The summed E-state index contributed by atoms with van der Waals surface area (Å²) in [6.07, 6.45) is 6.09. The summed E-state index contributed by atoms with van der Waals surface area (Å²) in [6, 6.07) is 0. The molecule has 0 aromatic carbocycles. The monoisotopic (exact) mass is 176 g/mol. The van der Waals surface area contributed by atoms with Crippen LogP contribution in [0.1, 0.15) is 27.2 Å². The van der Waals surface area contributed by atoms with Gasteiger partial charge in [-0.15, -0.1) is 5.92 Å². The second-order valence-corrected chi connectivity index (χ2v) is 4.02. The summed E-state index contributed by atoms with van der Waals surface area (Å²) < 4.78 is 0. The van der Waals surface area contributed by atoms with Crippen molar-refractivity contribution in [2.24, 2.45) is 17.3 Å². The van der Waals surface area contributed by atoms with E-state index in [1.807, 2.05) is 13.0 Å². The highest BCUT2D eigenvalue weighted by Crippen LogP contribution is 2.38. The zero-order valence-electron chi connectivity index (χ0n) is 8.50. The molecule has 1 aliphatic rings. The fraction of sp³-hybridized carbons (Fsp3) is 0.583. The van der Waals surface area contributed by atoms with Gasteiger partial charge in [-0.25, -0.2) is 0 Å². The molecule has 0 saturated heterocycles. The molecule has 0 aromatic rings. The van der Waals surface area contributed by atoms with Crippen LogP contribution in [0.5, 0.6) is 0 Å². The van der Waals surface area contributed by atoms with Crippen LogP contribution < -0.4 is 0 Å². The molecular formula is C12H16O. The molecule has 0 heterocycles. The molecule has 1 heteroatoms. The van der Waals surface area contributed by atoms with E-state index in [9.17, 15) is 4.79 Å². The quantitative estimate of drug-likeness (QED) is 0.341. The Morgan fingerprint density at radius 1 is 1.54 bits per heavy atom. The van der Waals surface area contributed by atoms with E-state index < -0.39 is 0 Å². The van der Waals surface area contributed by atoms with Crippen molar-refractivity contribution in [3.05, 3.63) is 12.2 Å². The zero-order chi connectivity index (χ0) is 9.90. The van der Waals surface area contributed by atoms with Gasteiger partial charge in [0, 0.05) is 11.3 Å². The molecule has 0 amide bonds. The number of hydrogen-bond acceptors (Lipinski definition) is 1. The maximum atomic E-state index is 10.8. The number of carbonyl (C=O) groups is 1. The highest BCUT2D eigenvalue weighted by atomic mass is 16.1. The molecule has 0 unspecified atom stereocenters. The summed E-state index contributed by atoms with van der Waals surface area (Å²) in [5.41, 5.74) is -0.148. The van der Waals surface area contributed by atoms with Crippen LogP contribution in [0.15, 0.2) is 12.2 Å². The largest absolute Gasteiger partial charge is 0.303 e. The van der Waals surface area contributed by atoms with Crippen LogP contribution in [0.2, 0.25) is 0 Å². The van der Waals surface area contributed by atoms with Gasteiger partial charge in [-0.3, -0.25) is 0 Å². The van der Waals surface area contributed by atoms with Crippen molar-refractivity contribution in [3.8, 4) is 11.8 Å². The minimum Gasteiger partial charge on any atom is -0.303 e. The van der Waals surface area contributed by atoms with Crippen LogP contribution in [-0.4, -0.2) is 6.29 Å². The Morgan fingerprint density at radius 2 is 2.23 bits per heavy atom. The Kier molecular flexibility index (Phi) is 2.93. The van der Waals surface area contributed by atoms with E-state index >= 15 is 0 Å². The van der Waals surface area contributed by atoms with E-state index in [-0.39, 0.29) is 11.3 Å². The predicted octanol–water partition coefficient (Wildman–Crippen LogP) is 2.43. The van der Waals surface area contributed by atoms with Crippen LogP contribution in [0.3, 0.4) is 0 Å². The lowest BCUT2D eigenvalue weighted by molar-refractivity contribution is -0.112. The molecule has 13 heavy (non-hydrogen) atoms. The van der Waals surface area contributed by atoms with Gasteiger partial charge in [0.25, 0.3) is 0 Å². The Bertz CT molecular complexity index is 279. The minimum absolute atomic E-state index is 0.0313. The third-order valence-corrected chi connectivity index (χ3v) is 2.69. The fourth-order valence-electron chi connectivity index (χ4n) is 2.01. The van der Waals surface area contributed by atoms with Crippen LogP contribution in [0.25, 0.3) is 0 Å². The third kappa shape index (κ3) is 2.01. The molecular weight excluding hydrogens is 160 g/mol. The van der Waals surface area contributed by atoms with Crippen molar-refractivity contribution >= 4 is 6.29 Å². The van der Waals surface area contributed by atoms with Gasteiger partial charge in [0.1, 0.15) is 6.29 Å². The minimum atomic E-state index is -0.148. The molecule has 0 radical (unpaired) electrons. The topological polar surface area (TPSA) is 17.1 Å². The lowest BCUT2D eigenvalue weighted by Gasteiger charge is -2.33. The Morgan fingerprint density at radius 3 is 2.77 bits per heavy atom. The SMILES string of the molecule is CC#C[C@]1(C)C[C@H](C)C=C[C@@H]1C=O. The highest BCUT2D eigenvalue weighted by Gasteiger charge is 2.34. The van der Waals surface area contributed by atoms with E-state index in [4.69, 9.17) is 0 Å². The predicted molar refractivity (Wildman–Crippen MR) is 54.0 cm³/mol. The van der Waals surface area contributed by atoms with Crippen molar-refractivity contribution < 1.29 is 4.79 Å². The second-order valence-electron chi connectivity index (χ2n) is 4.02. The lowest BCUT2D eigenvalue weighted by atomic mass is 9.69. The Balaban J connectivity index is 2.97. The maximum absolute atomic E-state index is 10.8. The first-order chi connectivity index (χ1) is 6.12. The van der Waals surface area contributed by atoms with E-state index in [2.05, 4.69) is 31.8 Å². The van der Waals surface area contributed by atoms with Crippen LogP contribution >= 0.6 is 0 Å². The number of carbonyl (C=O) groups excluding carboxylic acids is 1. The molecule has 0 N–H and O–H groups in total. The summed E-state index contributed by atoms with van der Waals surface area (Å²) in [7, 11) is 0. The normalized spacial score (nSPS) is 37.8. The smallest absolute Gasteiger partial charge is 0.128 e. The standard InChI is InChI=1S/C12H16O/c1-4-7-12(3)8-10(2)5-6-11(12)9-13/h5-6,9-11H,8H2,1-3H3/t10-,11-,12-/m1/s1. The average Bonchev–Trinajstić information content (AvgIpc) is 2.04. The van der Waals surface area contributed by atoms with E-state index in [0.717, 1.165) is 12.7 Å². The van der Waals surface area contributed by atoms with Crippen LogP contribution in [0, 0.1) is 29.1 Å². The van der Waals surface area contributed by atoms with Gasteiger partial charge in [-0.05, 0) is 26.2 Å². The van der Waals surface area contributed by atoms with Crippen LogP contribution in [-0.2, 0) is 4.79 Å². The number of allylic oxidation sites excluding steroid dienone is 2. The summed E-state index contributed by atoms with van der Waals surface area (Å²) >= 11 is 0. The third-order valence-electron chi connectivity index (χ3n) is 2.69. The summed E-state index contributed by atoms with van der Waals surface area (Å²) in [4.78, 5) is 10.8. The molecule has 70 valence electrons. The molecule has 0 bridgehead atoms. The number of aldehydes is 1. The summed E-state index contributed by atoms with van der Waals surface area (Å²) in [5.74, 6) is 6.58. The molecule has 1 aliphatic carbocycles. The Hall–Kier alpha value is -1.03. The molecule has 0 fully saturated rings. The van der Waals surface area contributed by atoms with Gasteiger partial charge >= 0.3 is 0 Å². The van der Waals surface area contributed by atoms with E-state index in [1.165, 1.54) is 0 Å². The van der Waals surface area contributed by atoms with Gasteiger partial charge in [-0.1, -0.05) is 25.0 Å². The van der Waals surface area contributed by atoms with Crippen molar-refractivity contribution in [2.45, 2.75) is 27.2 Å². The molecule has 0 aliphatic heterocycles. The number of hydrogen-bond donors (Lipinski definition) is 0. The molecule has 0 aromatic heterocycles. The fourth-order valence-corrected chi connectivity index (χ4v) is 2.01. The van der Waals surface area contributed by atoms with Crippen molar-refractivity contribution in [1.29, 1.82) is 0 Å². The van der Waals surface area contributed by atoms with Gasteiger partial charge in [0.2, 0.25) is 0 Å². The van der Waals surface area contributed by atoms with Crippen molar-refractivity contribution in [3.63, 3.8) is 0 Å². The molecule has 3 atom stereocenters. The highest BCUT2D eigenvalue weighted by molar-refractivity contribution is 5.60. The molecule has 1 nitrogen and oxygen atoms in total. The number of rotatable bonds is 1. The van der Waals surface area contributed by atoms with Gasteiger partial charge in [-0.2, -0.15) is 0 Å². The maximum Gasteiger partial charge on any atom is 0.128 e. The van der Waals surface area contributed by atoms with Crippen LogP contribution in [0.4, 0.5) is 0 Å².